The molecule has 0 spiro atoms. The molecule has 4 aromatic rings. The van der Waals surface area contributed by atoms with Crippen LogP contribution < -0.4 is 15.4 Å². The highest BCUT2D eigenvalue weighted by atomic mass is 19.1. The summed E-state index contributed by atoms with van der Waals surface area (Å²) in [6, 6.07) is 33.1. The minimum absolute atomic E-state index is 0.221. The van der Waals surface area contributed by atoms with Crippen LogP contribution in [0.4, 0.5) is 9.18 Å². The van der Waals surface area contributed by atoms with E-state index in [2.05, 4.69) is 46.4 Å². The molecule has 0 aliphatic heterocycles. The van der Waals surface area contributed by atoms with Crippen LogP contribution in [-0.4, -0.2) is 41.2 Å². The summed E-state index contributed by atoms with van der Waals surface area (Å²) < 4.78 is 26.2. The average molecular weight is 652 g/mol. The van der Waals surface area contributed by atoms with Crippen LogP contribution in [0.3, 0.4) is 0 Å². The van der Waals surface area contributed by atoms with Crippen LogP contribution in [0, 0.1) is 5.82 Å². The van der Waals surface area contributed by atoms with E-state index >= 15 is 0 Å². The first-order valence-corrected chi connectivity index (χ1v) is 16.2. The average Bonchev–Trinajstić information content (AvgIpc) is 3.05. The van der Waals surface area contributed by atoms with Crippen molar-refractivity contribution >= 4 is 12.0 Å². The first-order chi connectivity index (χ1) is 23.1. The summed E-state index contributed by atoms with van der Waals surface area (Å²) in [5.41, 5.74) is 3.03. The topological polar surface area (TPSA) is 79.9 Å². The molecule has 4 aromatic carbocycles. The lowest BCUT2D eigenvalue weighted by Crippen LogP contribution is -2.51. The van der Waals surface area contributed by atoms with Crippen LogP contribution in [0.15, 0.2) is 122 Å². The number of ether oxygens (including phenoxy) is 2. The number of carbonyl (C=O) groups excluding carboxylic acids is 2. The van der Waals surface area contributed by atoms with Crippen molar-refractivity contribution in [3.8, 4) is 5.75 Å². The van der Waals surface area contributed by atoms with Crippen molar-refractivity contribution < 1.29 is 23.5 Å². The monoisotopic (exact) mass is 651 g/mol. The lowest BCUT2D eigenvalue weighted by molar-refractivity contribution is -0.124. The highest BCUT2D eigenvalue weighted by molar-refractivity contribution is 5.85. The maximum absolute atomic E-state index is 14.9. The van der Waals surface area contributed by atoms with Crippen LogP contribution in [-0.2, 0) is 35.6 Å². The largest absolute Gasteiger partial charge is 0.489 e. The first kappa shape index (κ1) is 35.9. The molecule has 252 valence electrons. The number of halogens is 1. The predicted molar refractivity (Wildman–Crippen MR) is 188 cm³/mol. The van der Waals surface area contributed by atoms with Crippen molar-refractivity contribution in [3.05, 3.63) is 150 Å². The Bertz CT molecular complexity index is 1550. The molecule has 4 rings (SSSR count). The Labute approximate surface area is 283 Å². The number of nitrogens with one attached hydrogen (secondary N) is 2. The third-order valence-electron chi connectivity index (χ3n) is 7.57. The van der Waals surface area contributed by atoms with Gasteiger partial charge in [-0.15, -0.1) is 0 Å². The smallest absolute Gasteiger partial charge is 0.408 e. The van der Waals surface area contributed by atoms with Gasteiger partial charge >= 0.3 is 6.09 Å². The van der Waals surface area contributed by atoms with Gasteiger partial charge in [-0.1, -0.05) is 104 Å². The highest BCUT2D eigenvalue weighted by Gasteiger charge is 2.30. The van der Waals surface area contributed by atoms with Crippen LogP contribution >= 0.6 is 0 Å². The van der Waals surface area contributed by atoms with Gasteiger partial charge in [0.2, 0.25) is 5.91 Å². The van der Waals surface area contributed by atoms with Gasteiger partial charge in [0, 0.05) is 31.7 Å². The number of hydrogen-bond acceptors (Lipinski definition) is 5. The zero-order valence-electron chi connectivity index (χ0n) is 28.0. The molecular weight excluding hydrogens is 605 g/mol. The van der Waals surface area contributed by atoms with Gasteiger partial charge in [0.05, 0.1) is 0 Å². The van der Waals surface area contributed by atoms with Crippen LogP contribution in [0.5, 0.6) is 5.75 Å². The van der Waals surface area contributed by atoms with Crippen molar-refractivity contribution in [1.29, 1.82) is 0 Å². The molecule has 0 saturated heterocycles. The zero-order chi connectivity index (χ0) is 34.4. The number of hydrogen-bond donors (Lipinski definition) is 2. The second kappa shape index (κ2) is 17.8. The summed E-state index contributed by atoms with van der Waals surface area (Å²) in [5.74, 6) is -0.374. The van der Waals surface area contributed by atoms with E-state index in [9.17, 15) is 14.0 Å². The summed E-state index contributed by atoms with van der Waals surface area (Å²) in [5, 5.41) is 5.85. The summed E-state index contributed by atoms with van der Waals surface area (Å²) in [4.78, 5) is 29.3. The van der Waals surface area contributed by atoms with E-state index in [1.165, 1.54) is 12.1 Å². The van der Waals surface area contributed by atoms with Crippen molar-refractivity contribution in [2.45, 2.75) is 70.9 Å². The fourth-order valence-electron chi connectivity index (χ4n) is 5.42. The van der Waals surface area contributed by atoms with Gasteiger partial charge in [-0.2, -0.15) is 0 Å². The number of benzene rings is 4. The van der Waals surface area contributed by atoms with Crippen molar-refractivity contribution in [3.63, 3.8) is 0 Å². The summed E-state index contributed by atoms with van der Waals surface area (Å²) in [6.45, 7) is 10.7. The normalized spacial score (nSPS) is 12.5. The summed E-state index contributed by atoms with van der Waals surface area (Å²) >= 11 is 0. The van der Waals surface area contributed by atoms with Gasteiger partial charge in [0.25, 0.3) is 0 Å². The Morgan fingerprint density at radius 3 is 1.94 bits per heavy atom. The Hall–Kier alpha value is -4.95. The summed E-state index contributed by atoms with van der Waals surface area (Å²) in [7, 11) is 0. The number of alkyl carbamates (subject to hydrolysis) is 1. The van der Waals surface area contributed by atoms with Gasteiger partial charge in [0.1, 0.15) is 29.8 Å². The van der Waals surface area contributed by atoms with E-state index < -0.39 is 23.6 Å². The number of rotatable bonds is 16. The molecule has 0 aromatic heterocycles. The minimum atomic E-state index is -0.951. The van der Waals surface area contributed by atoms with Gasteiger partial charge in [-0.3, -0.25) is 9.69 Å². The van der Waals surface area contributed by atoms with Gasteiger partial charge in [-0.25, -0.2) is 9.18 Å². The fraction of sp³-hybridized carbons (Fsp3) is 0.300. The van der Waals surface area contributed by atoms with E-state index in [4.69, 9.17) is 9.47 Å². The Kier molecular flexibility index (Phi) is 13.3. The van der Waals surface area contributed by atoms with Gasteiger partial charge in [0.15, 0.2) is 0 Å². The molecule has 8 heteroatoms. The molecule has 2 amide bonds. The van der Waals surface area contributed by atoms with Crippen LogP contribution in [0.2, 0.25) is 0 Å². The minimum Gasteiger partial charge on any atom is -0.489 e. The summed E-state index contributed by atoms with van der Waals surface area (Å²) in [6.07, 6.45) is 1.51. The number of carbonyl (C=O) groups is 2. The molecule has 0 heterocycles. The lowest BCUT2D eigenvalue weighted by atomic mass is 9.95. The number of amides is 2. The van der Waals surface area contributed by atoms with Crippen LogP contribution in [0.1, 0.15) is 49.4 Å². The maximum Gasteiger partial charge on any atom is 0.408 e. The van der Waals surface area contributed by atoms with Crippen molar-refractivity contribution in [1.82, 2.24) is 15.5 Å². The second-order valence-electron chi connectivity index (χ2n) is 12.8. The quantitative estimate of drug-likeness (QED) is 0.122. The van der Waals surface area contributed by atoms with E-state index in [1.807, 2.05) is 72.8 Å². The highest BCUT2D eigenvalue weighted by Crippen LogP contribution is 2.24. The van der Waals surface area contributed by atoms with Gasteiger partial charge < -0.3 is 20.1 Å². The Balaban J connectivity index is 1.72. The zero-order valence-corrected chi connectivity index (χ0v) is 28.0. The molecule has 0 bridgehead atoms. The third-order valence-corrected chi connectivity index (χ3v) is 7.57. The molecule has 0 fully saturated rings. The second-order valence-corrected chi connectivity index (χ2v) is 12.8. The lowest BCUT2D eigenvalue weighted by Gasteiger charge is -2.35. The first-order valence-electron chi connectivity index (χ1n) is 16.2. The van der Waals surface area contributed by atoms with E-state index in [1.54, 1.807) is 26.8 Å². The molecule has 0 unspecified atom stereocenters. The fourth-order valence-corrected chi connectivity index (χ4v) is 5.42. The molecule has 0 saturated carbocycles. The molecule has 0 aliphatic carbocycles. The SMILES string of the molecule is C=CCOc1cc(F)cc(C[C@@H](C[C@H](NC(=O)OC(C)(C)C)C(=O)NCc2ccccc2)N(Cc2ccccc2)Cc2ccccc2)c1. The molecule has 0 aliphatic rings. The van der Waals surface area contributed by atoms with Crippen LogP contribution in [0.25, 0.3) is 0 Å². The number of nitrogens with zero attached hydrogens (tertiary/aromatic N) is 1. The maximum atomic E-state index is 14.9. The van der Waals surface area contributed by atoms with E-state index in [0.717, 1.165) is 16.7 Å². The molecule has 48 heavy (non-hydrogen) atoms. The molecule has 7 nitrogen and oxygen atoms in total. The van der Waals surface area contributed by atoms with E-state index in [0.29, 0.717) is 37.4 Å². The Morgan fingerprint density at radius 1 is 0.833 bits per heavy atom. The Morgan fingerprint density at radius 2 is 1.40 bits per heavy atom. The molecular formula is C40H46FN3O4. The predicted octanol–water partition coefficient (Wildman–Crippen LogP) is 7.60. The molecule has 2 atom stereocenters. The molecule has 2 N–H and O–H groups in total. The third kappa shape index (κ3) is 12.3. The molecule has 0 radical (unpaired) electrons. The van der Waals surface area contributed by atoms with Gasteiger partial charge in [-0.05, 0) is 68.0 Å². The van der Waals surface area contributed by atoms with E-state index in [-0.39, 0.29) is 25.0 Å². The standard InChI is InChI=1S/C40H46FN3O4/c1-5-21-47-36-24-33(22-34(41)25-36)23-35(44(28-31-17-11-7-12-18-31)29-32-19-13-8-14-20-32)26-37(43-39(46)48-40(2,3)4)38(45)42-27-30-15-9-6-10-16-30/h5-20,22,24-25,35,37H,1,21,23,26-29H2,2-4H3,(H,42,45)(H,43,46)/t35-,37-/m0/s1. The van der Waals surface area contributed by atoms with Crippen molar-refractivity contribution in [2.75, 3.05) is 6.61 Å². The van der Waals surface area contributed by atoms with Crippen molar-refractivity contribution in [2.24, 2.45) is 0 Å².